The summed E-state index contributed by atoms with van der Waals surface area (Å²) in [5.74, 6) is -0.719. The van der Waals surface area contributed by atoms with Gasteiger partial charge in [0.25, 0.3) is 5.56 Å². The first-order valence-electron chi connectivity index (χ1n) is 4.44. The number of hydrogen-bond donors (Lipinski definition) is 2. The van der Waals surface area contributed by atoms with E-state index in [0.29, 0.717) is 14.8 Å². The van der Waals surface area contributed by atoms with Gasteiger partial charge in [-0.3, -0.25) is 4.79 Å². The van der Waals surface area contributed by atoms with Crippen LogP contribution >= 0.6 is 11.3 Å². The summed E-state index contributed by atoms with van der Waals surface area (Å²) in [5.41, 5.74) is 0.170. The Morgan fingerprint density at radius 1 is 1.44 bits per heavy atom. The number of aromatic hydroxyl groups is 1. The van der Waals surface area contributed by atoms with Crippen molar-refractivity contribution >= 4 is 24.0 Å². The van der Waals surface area contributed by atoms with Crippen LogP contribution in [-0.4, -0.2) is 10.1 Å². The molecular formula is C11H8FNO2S. The average Bonchev–Trinajstić information content (AvgIpc) is 2.43. The zero-order valence-electron chi connectivity index (χ0n) is 8.16. The summed E-state index contributed by atoms with van der Waals surface area (Å²) in [6, 6.07) is 3.62. The molecular weight excluding hydrogens is 229 g/mol. The fourth-order valence-corrected chi connectivity index (χ4v) is 2.07. The number of nitrogens with one attached hydrogen (secondary N) is 1. The van der Waals surface area contributed by atoms with E-state index in [1.165, 1.54) is 29.5 Å². The van der Waals surface area contributed by atoms with E-state index in [1.807, 2.05) is 0 Å². The average molecular weight is 237 g/mol. The molecule has 2 rings (SSSR count). The minimum atomic E-state index is -0.547. The summed E-state index contributed by atoms with van der Waals surface area (Å²) < 4.78 is 13.9. The van der Waals surface area contributed by atoms with Crippen molar-refractivity contribution in [3.05, 3.63) is 49.1 Å². The van der Waals surface area contributed by atoms with Gasteiger partial charge in [0.05, 0.1) is 9.20 Å². The fraction of sp³-hybridized carbons (Fsp3) is 0. The third kappa shape index (κ3) is 2.20. The highest BCUT2D eigenvalue weighted by molar-refractivity contribution is 7.07. The molecule has 0 amide bonds. The number of phenolic OH excluding ortho intramolecular Hbond substituents is 1. The number of halogens is 1. The molecule has 0 aliphatic rings. The van der Waals surface area contributed by atoms with Crippen LogP contribution in [-0.2, 0) is 0 Å². The maximum Gasteiger partial charge on any atom is 0.266 e. The molecule has 0 saturated carbocycles. The number of phenols is 1. The van der Waals surface area contributed by atoms with Crippen LogP contribution in [0.1, 0.15) is 5.56 Å². The summed E-state index contributed by atoms with van der Waals surface area (Å²) in [5, 5.41) is 9.19. The normalized spacial score (nSPS) is 11.9. The topological polar surface area (TPSA) is 53.1 Å². The van der Waals surface area contributed by atoms with Gasteiger partial charge in [0.1, 0.15) is 11.6 Å². The summed E-state index contributed by atoms with van der Waals surface area (Å²) >= 11 is 1.18. The quantitative estimate of drug-likeness (QED) is 0.759. The SMILES string of the molecule is C=c1[nH]c(=O)/c(=C/c2cc(O)cc(F)c2)s1. The maximum absolute atomic E-state index is 13.0. The predicted octanol–water partition coefficient (Wildman–Crippen LogP) is 0.520. The molecule has 0 unspecified atom stereocenters. The molecule has 0 radical (unpaired) electrons. The predicted molar refractivity (Wildman–Crippen MR) is 61.3 cm³/mol. The van der Waals surface area contributed by atoms with E-state index in [-0.39, 0.29) is 11.3 Å². The lowest BCUT2D eigenvalue weighted by atomic mass is 10.2. The Hall–Kier alpha value is -1.88. The first-order valence-corrected chi connectivity index (χ1v) is 5.25. The van der Waals surface area contributed by atoms with Crippen LogP contribution in [0, 0.1) is 5.82 Å². The highest BCUT2D eigenvalue weighted by Crippen LogP contribution is 2.14. The molecule has 2 aromatic rings. The van der Waals surface area contributed by atoms with Gasteiger partial charge < -0.3 is 10.1 Å². The summed E-state index contributed by atoms with van der Waals surface area (Å²) in [6.45, 7) is 3.60. The summed E-state index contributed by atoms with van der Waals surface area (Å²) in [6.07, 6.45) is 1.50. The van der Waals surface area contributed by atoms with Gasteiger partial charge in [0.15, 0.2) is 0 Å². The van der Waals surface area contributed by atoms with Crippen molar-refractivity contribution in [2.75, 3.05) is 0 Å². The van der Waals surface area contributed by atoms with Crippen LogP contribution in [0.5, 0.6) is 5.75 Å². The number of aromatic nitrogens is 1. The maximum atomic E-state index is 13.0. The molecule has 3 nitrogen and oxygen atoms in total. The van der Waals surface area contributed by atoms with Gasteiger partial charge in [-0.25, -0.2) is 4.39 Å². The van der Waals surface area contributed by atoms with Crippen molar-refractivity contribution in [3.63, 3.8) is 0 Å². The smallest absolute Gasteiger partial charge is 0.266 e. The Balaban J connectivity index is 2.63. The van der Waals surface area contributed by atoms with Crippen molar-refractivity contribution in [2.45, 2.75) is 0 Å². The Labute approximate surface area is 93.8 Å². The van der Waals surface area contributed by atoms with E-state index in [2.05, 4.69) is 11.6 Å². The molecule has 0 aliphatic carbocycles. The lowest BCUT2D eigenvalue weighted by Crippen LogP contribution is -2.19. The monoisotopic (exact) mass is 237 g/mol. The van der Waals surface area contributed by atoms with Crippen molar-refractivity contribution < 1.29 is 9.50 Å². The first kappa shape index (κ1) is 10.6. The lowest BCUT2D eigenvalue weighted by Gasteiger charge is -1.95. The Morgan fingerprint density at radius 2 is 2.19 bits per heavy atom. The van der Waals surface area contributed by atoms with Crippen LogP contribution in [0.3, 0.4) is 0 Å². The number of aromatic amines is 1. The van der Waals surface area contributed by atoms with Crippen molar-refractivity contribution in [1.82, 2.24) is 4.98 Å². The minimum Gasteiger partial charge on any atom is -0.508 e. The van der Waals surface area contributed by atoms with Crippen LogP contribution in [0.25, 0.3) is 12.7 Å². The number of hydrogen-bond acceptors (Lipinski definition) is 3. The number of thiazole rings is 1. The summed E-state index contributed by atoms with van der Waals surface area (Å²) in [7, 11) is 0. The van der Waals surface area contributed by atoms with Gasteiger partial charge in [0.2, 0.25) is 0 Å². The zero-order chi connectivity index (χ0) is 11.7. The standard InChI is InChI=1S/C11H8FNO2S/c1-6-13-11(15)10(16-6)4-7-2-8(12)5-9(14)3-7/h2-5,14H,1H2,(H,13,15)/b10-4-. The van der Waals surface area contributed by atoms with E-state index in [9.17, 15) is 14.3 Å². The van der Waals surface area contributed by atoms with Crippen LogP contribution in [0.15, 0.2) is 23.0 Å². The van der Waals surface area contributed by atoms with Gasteiger partial charge >= 0.3 is 0 Å². The van der Waals surface area contributed by atoms with Crippen molar-refractivity contribution in [2.24, 2.45) is 0 Å². The van der Waals surface area contributed by atoms with Gasteiger partial charge in [-0.15, -0.1) is 11.3 Å². The van der Waals surface area contributed by atoms with E-state index in [0.717, 1.165) is 6.07 Å². The van der Waals surface area contributed by atoms with Crippen LogP contribution in [0.2, 0.25) is 0 Å². The second kappa shape index (κ2) is 3.94. The minimum absolute atomic E-state index is 0.172. The molecule has 0 fully saturated rings. The third-order valence-electron chi connectivity index (χ3n) is 1.91. The molecule has 0 spiro atoms. The third-order valence-corrected chi connectivity index (χ3v) is 2.78. The van der Waals surface area contributed by atoms with Gasteiger partial charge in [-0.1, -0.05) is 6.58 Å². The van der Waals surface area contributed by atoms with E-state index >= 15 is 0 Å². The molecule has 0 bridgehead atoms. The number of rotatable bonds is 1. The van der Waals surface area contributed by atoms with Crippen LogP contribution in [0.4, 0.5) is 4.39 Å². The Kier molecular flexibility index (Phi) is 2.62. The molecule has 82 valence electrons. The Bertz CT molecular complexity index is 666. The summed E-state index contributed by atoms with van der Waals surface area (Å²) in [4.78, 5) is 13.9. The van der Waals surface area contributed by atoms with E-state index in [4.69, 9.17) is 0 Å². The second-order valence-electron chi connectivity index (χ2n) is 3.23. The fourth-order valence-electron chi connectivity index (χ4n) is 1.32. The van der Waals surface area contributed by atoms with E-state index in [1.54, 1.807) is 0 Å². The molecule has 16 heavy (non-hydrogen) atoms. The lowest BCUT2D eigenvalue weighted by molar-refractivity contribution is 0.469. The molecule has 0 saturated heterocycles. The molecule has 1 heterocycles. The van der Waals surface area contributed by atoms with Crippen molar-refractivity contribution in [1.29, 1.82) is 0 Å². The number of H-pyrrole nitrogens is 1. The highest BCUT2D eigenvalue weighted by Gasteiger charge is 1.98. The highest BCUT2D eigenvalue weighted by atomic mass is 32.1. The largest absolute Gasteiger partial charge is 0.508 e. The molecule has 1 aromatic heterocycles. The van der Waals surface area contributed by atoms with E-state index < -0.39 is 5.82 Å². The molecule has 0 aliphatic heterocycles. The van der Waals surface area contributed by atoms with Gasteiger partial charge in [-0.2, -0.15) is 0 Å². The van der Waals surface area contributed by atoms with Gasteiger partial charge in [0, 0.05) is 6.07 Å². The molecule has 2 N–H and O–H groups in total. The molecule has 1 aromatic carbocycles. The number of benzene rings is 1. The first-order chi connectivity index (χ1) is 7.54. The van der Waals surface area contributed by atoms with Crippen molar-refractivity contribution in [3.8, 4) is 5.75 Å². The second-order valence-corrected chi connectivity index (χ2v) is 4.37. The van der Waals surface area contributed by atoms with Crippen LogP contribution < -0.4 is 14.8 Å². The molecule has 0 atom stereocenters. The zero-order valence-corrected chi connectivity index (χ0v) is 8.97. The van der Waals surface area contributed by atoms with Gasteiger partial charge in [-0.05, 0) is 23.8 Å². The Morgan fingerprint density at radius 3 is 2.75 bits per heavy atom. The molecule has 5 heteroatoms.